The molecule has 1 aromatic carbocycles. The van der Waals surface area contributed by atoms with E-state index in [2.05, 4.69) is 10.6 Å². The molecular weight excluding hydrogens is 308 g/mol. The number of carbonyl (C=O) groups excluding carboxylic acids is 2. The summed E-state index contributed by atoms with van der Waals surface area (Å²) in [5, 5.41) is 5.13. The van der Waals surface area contributed by atoms with Gasteiger partial charge < -0.3 is 20.1 Å². The van der Waals surface area contributed by atoms with E-state index in [1.807, 2.05) is 31.2 Å². The van der Waals surface area contributed by atoms with Crippen LogP contribution in [0.15, 0.2) is 24.3 Å². The lowest BCUT2D eigenvalue weighted by Gasteiger charge is -2.10. The molecular formula is C15H21ClN2O4. The molecule has 0 saturated heterocycles. The smallest absolute Gasteiger partial charge is 0.407 e. The highest BCUT2D eigenvalue weighted by Gasteiger charge is 2.06. The maximum absolute atomic E-state index is 11.6. The van der Waals surface area contributed by atoms with Crippen LogP contribution in [-0.2, 0) is 16.0 Å². The van der Waals surface area contributed by atoms with Crippen LogP contribution in [0.2, 0.25) is 0 Å². The predicted octanol–water partition coefficient (Wildman–Crippen LogP) is 1.71. The van der Waals surface area contributed by atoms with E-state index in [9.17, 15) is 9.59 Å². The minimum atomic E-state index is -0.553. The fraction of sp³-hybridized carbons (Fsp3) is 0.467. The Bertz CT molecular complexity index is 482. The zero-order chi connectivity index (χ0) is 16.2. The number of nitrogens with one attached hydrogen (secondary N) is 2. The van der Waals surface area contributed by atoms with Crippen LogP contribution in [0.25, 0.3) is 0 Å². The number of ether oxygens (including phenoxy) is 2. The van der Waals surface area contributed by atoms with Crippen molar-refractivity contribution in [3.63, 3.8) is 0 Å². The maximum Gasteiger partial charge on any atom is 0.407 e. The standard InChI is InChI=1S/C15H21ClN2O4/c1-2-12-5-3-4-6-13(12)22-11-14(19)17-8-9-18-15(20)21-10-7-16/h3-6H,2,7-11H2,1H3,(H,17,19)(H,18,20). The third kappa shape index (κ3) is 7.17. The number of amides is 2. The molecule has 0 aliphatic carbocycles. The number of hydrogen-bond acceptors (Lipinski definition) is 4. The van der Waals surface area contributed by atoms with Crippen LogP contribution in [0.3, 0.4) is 0 Å². The van der Waals surface area contributed by atoms with Crippen molar-refractivity contribution in [3.8, 4) is 5.75 Å². The molecule has 122 valence electrons. The summed E-state index contributed by atoms with van der Waals surface area (Å²) in [5.74, 6) is 0.713. The largest absolute Gasteiger partial charge is 0.483 e. The molecule has 0 fully saturated rings. The molecule has 7 heteroatoms. The number of halogens is 1. The van der Waals surface area contributed by atoms with Crippen LogP contribution >= 0.6 is 11.6 Å². The molecule has 0 spiro atoms. The lowest BCUT2D eigenvalue weighted by Crippen LogP contribution is -2.37. The number of hydrogen-bond donors (Lipinski definition) is 2. The quantitative estimate of drug-likeness (QED) is 0.534. The lowest BCUT2D eigenvalue weighted by atomic mass is 10.1. The van der Waals surface area contributed by atoms with Crippen molar-refractivity contribution < 1.29 is 19.1 Å². The summed E-state index contributed by atoms with van der Waals surface area (Å²) in [7, 11) is 0. The first-order valence-electron chi connectivity index (χ1n) is 7.11. The van der Waals surface area contributed by atoms with Gasteiger partial charge in [-0.05, 0) is 18.1 Å². The van der Waals surface area contributed by atoms with Crippen LogP contribution in [-0.4, -0.2) is 44.2 Å². The Balaban J connectivity index is 2.17. The Morgan fingerprint density at radius 1 is 1.18 bits per heavy atom. The third-order valence-corrected chi connectivity index (χ3v) is 2.89. The second-order valence-corrected chi connectivity index (χ2v) is 4.73. The molecule has 0 atom stereocenters. The molecule has 1 aromatic rings. The van der Waals surface area contributed by atoms with Gasteiger partial charge in [-0.1, -0.05) is 25.1 Å². The third-order valence-electron chi connectivity index (χ3n) is 2.74. The molecule has 0 saturated carbocycles. The SMILES string of the molecule is CCc1ccccc1OCC(=O)NCCNC(=O)OCCCl. The van der Waals surface area contributed by atoms with Crippen molar-refractivity contribution in [1.29, 1.82) is 0 Å². The first-order valence-corrected chi connectivity index (χ1v) is 7.64. The molecule has 2 N–H and O–H groups in total. The van der Waals surface area contributed by atoms with E-state index < -0.39 is 6.09 Å². The average Bonchev–Trinajstić information content (AvgIpc) is 2.55. The molecule has 6 nitrogen and oxygen atoms in total. The maximum atomic E-state index is 11.6. The minimum Gasteiger partial charge on any atom is -0.483 e. The molecule has 0 aromatic heterocycles. The van der Waals surface area contributed by atoms with E-state index in [1.54, 1.807) is 0 Å². The van der Waals surface area contributed by atoms with Crippen molar-refractivity contribution in [2.24, 2.45) is 0 Å². The predicted molar refractivity (Wildman–Crippen MR) is 84.4 cm³/mol. The van der Waals surface area contributed by atoms with Crippen LogP contribution < -0.4 is 15.4 Å². The molecule has 0 unspecified atom stereocenters. The second-order valence-electron chi connectivity index (χ2n) is 4.35. The number of alkyl carbamates (subject to hydrolysis) is 1. The molecule has 0 heterocycles. The summed E-state index contributed by atoms with van der Waals surface area (Å²) in [6, 6.07) is 7.59. The van der Waals surface area contributed by atoms with Crippen LogP contribution in [0.5, 0.6) is 5.75 Å². The van der Waals surface area contributed by atoms with Gasteiger partial charge in [0.15, 0.2) is 6.61 Å². The number of rotatable bonds is 9. The highest BCUT2D eigenvalue weighted by Crippen LogP contribution is 2.17. The zero-order valence-electron chi connectivity index (χ0n) is 12.6. The Hall–Kier alpha value is -1.95. The van der Waals surface area contributed by atoms with Gasteiger partial charge in [0, 0.05) is 13.1 Å². The van der Waals surface area contributed by atoms with E-state index in [4.69, 9.17) is 21.1 Å². The first-order chi connectivity index (χ1) is 10.7. The Kier molecular flexibility index (Phi) is 8.83. The number of benzene rings is 1. The number of aryl methyl sites for hydroxylation is 1. The highest BCUT2D eigenvalue weighted by molar-refractivity contribution is 6.18. The van der Waals surface area contributed by atoms with Crippen molar-refractivity contribution in [1.82, 2.24) is 10.6 Å². The topological polar surface area (TPSA) is 76.7 Å². The van der Waals surface area contributed by atoms with Gasteiger partial charge in [-0.3, -0.25) is 4.79 Å². The van der Waals surface area contributed by atoms with Gasteiger partial charge in [0.05, 0.1) is 5.88 Å². The summed E-state index contributed by atoms with van der Waals surface area (Å²) in [5.41, 5.74) is 1.05. The van der Waals surface area contributed by atoms with Gasteiger partial charge in [0.2, 0.25) is 0 Å². The Labute approximate surface area is 135 Å². The summed E-state index contributed by atoms with van der Waals surface area (Å²) in [6.45, 7) is 2.70. The summed E-state index contributed by atoms with van der Waals surface area (Å²) < 4.78 is 10.2. The molecule has 2 amide bonds. The second kappa shape index (κ2) is 10.7. The first kappa shape index (κ1) is 18.1. The number of alkyl halides is 1. The Morgan fingerprint density at radius 2 is 1.91 bits per heavy atom. The molecule has 0 radical (unpaired) electrons. The fourth-order valence-corrected chi connectivity index (χ4v) is 1.76. The average molecular weight is 329 g/mol. The summed E-state index contributed by atoms with van der Waals surface area (Å²) >= 11 is 5.38. The summed E-state index contributed by atoms with van der Waals surface area (Å²) in [4.78, 5) is 22.7. The van der Waals surface area contributed by atoms with Gasteiger partial charge >= 0.3 is 6.09 Å². The Morgan fingerprint density at radius 3 is 2.64 bits per heavy atom. The van der Waals surface area contributed by atoms with Gasteiger partial charge in [0.25, 0.3) is 5.91 Å². The van der Waals surface area contributed by atoms with Crippen molar-refractivity contribution in [2.45, 2.75) is 13.3 Å². The number of carbonyl (C=O) groups is 2. The zero-order valence-corrected chi connectivity index (χ0v) is 13.3. The van der Waals surface area contributed by atoms with Gasteiger partial charge in [0.1, 0.15) is 12.4 Å². The van der Waals surface area contributed by atoms with E-state index >= 15 is 0 Å². The van der Waals surface area contributed by atoms with E-state index in [-0.39, 0.29) is 31.5 Å². The van der Waals surface area contributed by atoms with Crippen LogP contribution in [0, 0.1) is 0 Å². The van der Waals surface area contributed by atoms with Crippen molar-refractivity contribution in [2.75, 3.05) is 32.2 Å². The lowest BCUT2D eigenvalue weighted by molar-refractivity contribution is -0.123. The van der Waals surface area contributed by atoms with Crippen LogP contribution in [0.1, 0.15) is 12.5 Å². The van der Waals surface area contributed by atoms with Crippen molar-refractivity contribution in [3.05, 3.63) is 29.8 Å². The molecule has 0 aliphatic heterocycles. The summed E-state index contributed by atoms with van der Waals surface area (Å²) in [6.07, 6.45) is 0.287. The van der Waals surface area contributed by atoms with Gasteiger partial charge in [-0.25, -0.2) is 4.79 Å². The molecule has 22 heavy (non-hydrogen) atoms. The fourth-order valence-electron chi connectivity index (χ4n) is 1.68. The van der Waals surface area contributed by atoms with Crippen LogP contribution in [0.4, 0.5) is 4.79 Å². The van der Waals surface area contributed by atoms with Gasteiger partial charge in [-0.15, -0.1) is 11.6 Å². The monoisotopic (exact) mass is 328 g/mol. The normalized spacial score (nSPS) is 9.91. The molecule has 0 bridgehead atoms. The van der Waals surface area contributed by atoms with E-state index in [0.29, 0.717) is 12.3 Å². The highest BCUT2D eigenvalue weighted by atomic mass is 35.5. The van der Waals surface area contributed by atoms with Crippen molar-refractivity contribution >= 4 is 23.6 Å². The van der Waals surface area contributed by atoms with E-state index in [1.165, 1.54) is 0 Å². The van der Waals surface area contributed by atoms with E-state index in [0.717, 1.165) is 12.0 Å². The molecule has 1 rings (SSSR count). The number of para-hydroxylation sites is 1. The van der Waals surface area contributed by atoms with Gasteiger partial charge in [-0.2, -0.15) is 0 Å². The molecule has 0 aliphatic rings. The minimum absolute atomic E-state index is 0.0618.